The number of carbonyl (C=O) groups is 2. The van der Waals surface area contributed by atoms with E-state index in [2.05, 4.69) is 29.7 Å². The maximum atomic E-state index is 11.9. The third-order valence-electron chi connectivity index (χ3n) is 4.67. The van der Waals surface area contributed by atoms with Crippen molar-refractivity contribution in [3.8, 4) is 0 Å². The molecular formula is C23H31ClN2O3. The van der Waals surface area contributed by atoms with Crippen molar-refractivity contribution in [1.29, 1.82) is 0 Å². The summed E-state index contributed by atoms with van der Waals surface area (Å²) in [6.45, 7) is 3.63. The molecule has 158 valence electrons. The summed E-state index contributed by atoms with van der Waals surface area (Å²) in [5.74, 6) is -1.06. The van der Waals surface area contributed by atoms with Gasteiger partial charge in [0.15, 0.2) is 0 Å². The molecular weight excluding hydrogens is 388 g/mol. The molecule has 29 heavy (non-hydrogen) atoms. The molecule has 0 aliphatic carbocycles. The van der Waals surface area contributed by atoms with Crippen LogP contribution in [-0.2, 0) is 33.7 Å². The summed E-state index contributed by atoms with van der Waals surface area (Å²) < 4.78 is 0. The fourth-order valence-electron chi connectivity index (χ4n) is 2.80. The van der Waals surface area contributed by atoms with Gasteiger partial charge < -0.3 is 10.6 Å². The van der Waals surface area contributed by atoms with Gasteiger partial charge in [0.25, 0.3) is 5.91 Å². The number of aryl methyl sites for hydroxylation is 2. The lowest BCUT2D eigenvalue weighted by molar-refractivity contribution is -0.160. The second-order valence-corrected chi connectivity index (χ2v) is 7.40. The van der Waals surface area contributed by atoms with Gasteiger partial charge >= 0.3 is 5.97 Å². The van der Waals surface area contributed by atoms with E-state index in [1.807, 2.05) is 44.2 Å². The quantitative estimate of drug-likeness (QED) is 0.479. The largest absolute Gasteiger partial charge is 0.349 e. The molecule has 0 aromatic heterocycles. The average molecular weight is 419 g/mol. The molecule has 2 rings (SSSR count). The van der Waals surface area contributed by atoms with Gasteiger partial charge in [-0.15, -0.1) is 12.4 Å². The van der Waals surface area contributed by atoms with Crippen molar-refractivity contribution in [2.75, 3.05) is 0 Å². The summed E-state index contributed by atoms with van der Waals surface area (Å²) in [6, 6.07) is 17.7. The van der Waals surface area contributed by atoms with Crippen molar-refractivity contribution in [2.45, 2.75) is 52.0 Å². The number of nitrogens with two attached hydrogens (primary N) is 1. The first-order valence-electron chi connectivity index (χ1n) is 9.82. The van der Waals surface area contributed by atoms with Crippen LogP contribution in [0.15, 0.2) is 54.6 Å². The van der Waals surface area contributed by atoms with Gasteiger partial charge in [0.1, 0.15) is 6.04 Å². The molecule has 0 heterocycles. The lowest BCUT2D eigenvalue weighted by Crippen LogP contribution is -2.41. The van der Waals surface area contributed by atoms with Crippen LogP contribution < -0.4 is 11.2 Å². The molecule has 3 N–H and O–H groups in total. The third-order valence-corrected chi connectivity index (χ3v) is 4.67. The highest BCUT2D eigenvalue weighted by Gasteiger charge is 2.20. The zero-order chi connectivity index (χ0) is 20.4. The van der Waals surface area contributed by atoms with Crippen LogP contribution in [0.1, 0.15) is 43.4 Å². The lowest BCUT2D eigenvalue weighted by Gasteiger charge is -2.14. The first-order chi connectivity index (χ1) is 13.5. The number of hydrogen-bond acceptors (Lipinski definition) is 4. The Balaban J connectivity index is 0.00000420. The fraction of sp³-hybridized carbons (Fsp3) is 0.391. The Morgan fingerprint density at radius 1 is 0.897 bits per heavy atom. The molecule has 1 unspecified atom stereocenters. The van der Waals surface area contributed by atoms with Crippen molar-refractivity contribution in [3.63, 3.8) is 0 Å². The zero-order valence-corrected chi connectivity index (χ0v) is 17.9. The molecule has 0 saturated heterocycles. The summed E-state index contributed by atoms with van der Waals surface area (Å²) >= 11 is 0. The highest BCUT2D eigenvalue weighted by Crippen LogP contribution is 2.11. The van der Waals surface area contributed by atoms with E-state index < -0.39 is 12.0 Å². The Hall–Kier alpha value is -2.37. The van der Waals surface area contributed by atoms with Crippen LogP contribution >= 0.6 is 12.4 Å². The van der Waals surface area contributed by atoms with Crippen molar-refractivity contribution in [1.82, 2.24) is 5.48 Å². The maximum absolute atomic E-state index is 11.9. The summed E-state index contributed by atoms with van der Waals surface area (Å²) in [4.78, 5) is 28.3. The average Bonchev–Trinajstić information content (AvgIpc) is 2.70. The Bertz CT molecular complexity index is 748. The van der Waals surface area contributed by atoms with E-state index in [1.54, 1.807) is 0 Å². The summed E-state index contributed by atoms with van der Waals surface area (Å²) in [5.41, 5.74) is 11.3. The van der Waals surface area contributed by atoms with E-state index in [4.69, 9.17) is 10.6 Å². The SMILES string of the molecule is CC(C)C(N)C(=O)ONC(=O)Cc1ccc(CCCCc2ccccc2)cc1.Cl. The van der Waals surface area contributed by atoms with Crippen LogP contribution in [0.4, 0.5) is 0 Å². The van der Waals surface area contributed by atoms with Crippen LogP contribution in [0.3, 0.4) is 0 Å². The highest BCUT2D eigenvalue weighted by atomic mass is 35.5. The Morgan fingerprint density at radius 3 is 1.97 bits per heavy atom. The topological polar surface area (TPSA) is 81.4 Å². The molecule has 0 spiro atoms. The van der Waals surface area contributed by atoms with Gasteiger partial charge in [-0.1, -0.05) is 68.4 Å². The van der Waals surface area contributed by atoms with Crippen molar-refractivity contribution in [2.24, 2.45) is 11.7 Å². The van der Waals surface area contributed by atoms with Crippen molar-refractivity contribution < 1.29 is 14.4 Å². The smallest absolute Gasteiger partial charge is 0.339 e. The van der Waals surface area contributed by atoms with E-state index in [1.165, 1.54) is 11.1 Å². The number of carbonyl (C=O) groups excluding carboxylic acids is 2. The molecule has 0 aliphatic heterocycles. The number of halogens is 1. The molecule has 0 saturated carbocycles. The molecule has 1 atom stereocenters. The molecule has 2 aromatic rings. The minimum atomic E-state index is -0.749. The minimum Gasteiger partial charge on any atom is -0.339 e. The third kappa shape index (κ3) is 9.11. The van der Waals surface area contributed by atoms with Gasteiger partial charge in [-0.2, -0.15) is 5.48 Å². The van der Waals surface area contributed by atoms with E-state index in [0.29, 0.717) is 0 Å². The summed E-state index contributed by atoms with van der Waals surface area (Å²) in [7, 11) is 0. The molecule has 0 bridgehead atoms. The monoisotopic (exact) mass is 418 g/mol. The van der Waals surface area contributed by atoms with Gasteiger partial charge in [0, 0.05) is 0 Å². The minimum absolute atomic E-state index is 0. The number of nitrogens with one attached hydrogen (secondary N) is 1. The zero-order valence-electron chi connectivity index (χ0n) is 17.1. The van der Waals surface area contributed by atoms with Crippen molar-refractivity contribution >= 4 is 24.3 Å². The molecule has 0 radical (unpaired) electrons. The van der Waals surface area contributed by atoms with E-state index in [-0.39, 0.29) is 30.7 Å². The van der Waals surface area contributed by atoms with Gasteiger partial charge in [-0.25, -0.2) is 4.79 Å². The number of hydrogen-bond donors (Lipinski definition) is 2. The number of amides is 1. The Kier molecular flexibility index (Phi) is 11.0. The van der Waals surface area contributed by atoms with Crippen LogP contribution in [0.5, 0.6) is 0 Å². The number of unbranched alkanes of at least 4 members (excludes halogenated alkanes) is 1. The molecule has 2 aromatic carbocycles. The predicted molar refractivity (Wildman–Crippen MR) is 118 cm³/mol. The molecule has 1 amide bonds. The normalized spacial score (nSPS) is 11.4. The van der Waals surface area contributed by atoms with Crippen LogP contribution in [0.2, 0.25) is 0 Å². The van der Waals surface area contributed by atoms with Crippen molar-refractivity contribution in [3.05, 3.63) is 71.3 Å². The lowest BCUT2D eigenvalue weighted by atomic mass is 10.0. The summed E-state index contributed by atoms with van der Waals surface area (Å²) in [5, 5.41) is 0. The number of hydroxylamine groups is 1. The first kappa shape index (κ1) is 24.7. The second-order valence-electron chi connectivity index (χ2n) is 7.40. The number of benzene rings is 2. The Morgan fingerprint density at radius 2 is 1.41 bits per heavy atom. The first-order valence-corrected chi connectivity index (χ1v) is 9.82. The molecule has 0 fully saturated rings. The molecule has 0 aliphatic rings. The van der Waals surface area contributed by atoms with Crippen LogP contribution in [0, 0.1) is 5.92 Å². The van der Waals surface area contributed by atoms with Gasteiger partial charge in [-0.3, -0.25) is 4.79 Å². The maximum Gasteiger partial charge on any atom is 0.349 e. The molecule has 5 nitrogen and oxygen atoms in total. The highest BCUT2D eigenvalue weighted by molar-refractivity contribution is 5.85. The van der Waals surface area contributed by atoms with Gasteiger partial charge in [-0.05, 0) is 48.3 Å². The fourth-order valence-corrected chi connectivity index (χ4v) is 2.80. The number of rotatable bonds is 9. The second kappa shape index (κ2) is 13.0. The van der Waals surface area contributed by atoms with E-state index in [0.717, 1.165) is 31.2 Å². The van der Waals surface area contributed by atoms with Gasteiger partial charge in [0.2, 0.25) is 0 Å². The van der Waals surface area contributed by atoms with Crippen LogP contribution in [0.25, 0.3) is 0 Å². The van der Waals surface area contributed by atoms with E-state index >= 15 is 0 Å². The molecule has 6 heteroatoms. The van der Waals surface area contributed by atoms with Crippen LogP contribution in [-0.4, -0.2) is 17.9 Å². The predicted octanol–water partition coefficient (Wildman–Crippen LogP) is 3.77. The standard InChI is InChI=1S/C23H30N2O3.ClH/c1-17(2)22(24)23(27)28-25-21(26)16-20-14-12-19(13-15-20)11-7-6-10-18-8-4-3-5-9-18;/h3-5,8-9,12-15,17,22H,6-7,10-11,16,24H2,1-2H3,(H,25,26);1H. The summed E-state index contributed by atoms with van der Waals surface area (Å²) in [6.07, 6.45) is 4.54. The van der Waals surface area contributed by atoms with E-state index in [9.17, 15) is 9.59 Å². The van der Waals surface area contributed by atoms with Gasteiger partial charge in [0.05, 0.1) is 6.42 Å². The Labute approximate surface area is 179 Å².